The molecular weight excluding hydrogens is 330 g/mol. The second-order valence-corrected chi connectivity index (χ2v) is 5.65. The van der Waals surface area contributed by atoms with Crippen LogP contribution in [0.15, 0.2) is 42.6 Å². The molecule has 2 aromatic rings. The molecule has 1 amide bonds. The molecular formula is C17H18F2N4O2. The number of halogens is 2. The van der Waals surface area contributed by atoms with Crippen LogP contribution in [0.25, 0.3) is 0 Å². The minimum Gasteiger partial charge on any atom is -0.492 e. The van der Waals surface area contributed by atoms with Crippen molar-refractivity contribution in [3.8, 4) is 5.75 Å². The highest BCUT2D eigenvalue weighted by atomic mass is 19.3. The third-order valence-corrected chi connectivity index (χ3v) is 3.81. The number of rotatable bonds is 7. The Morgan fingerprint density at radius 1 is 1.28 bits per heavy atom. The molecule has 0 bridgehead atoms. The summed E-state index contributed by atoms with van der Waals surface area (Å²) < 4.78 is 30.9. The lowest BCUT2D eigenvalue weighted by Gasteiger charge is -2.17. The van der Waals surface area contributed by atoms with Gasteiger partial charge in [0.2, 0.25) is 5.91 Å². The van der Waals surface area contributed by atoms with Crippen LogP contribution in [0.2, 0.25) is 0 Å². The van der Waals surface area contributed by atoms with Gasteiger partial charge in [0.05, 0.1) is 12.6 Å². The number of carbonyl (C=O) groups excluding carboxylic acids is 1. The van der Waals surface area contributed by atoms with Gasteiger partial charge in [0.1, 0.15) is 18.2 Å². The van der Waals surface area contributed by atoms with E-state index in [0.717, 1.165) is 5.75 Å². The Hall–Kier alpha value is -2.77. The lowest BCUT2D eigenvalue weighted by molar-refractivity contribution is -0.128. The van der Waals surface area contributed by atoms with Gasteiger partial charge in [0.15, 0.2) is 5.82 Å². The maximum Gasteiger partial charge on any atom is 0.297 e. The first kappa shape index (κ1) is 17.1. The van der Waals surface area contributed by atoms with Gasteiger partial charge in [-0.2, -0.15) is 0 Å². The minimum atomic E-state index is -2.72. The largest absolute Gasteiger partial charge is 0.492 e. The highest BCUT2D eigenvalue weighted by molar-refractivity contribution is 5.80. The first-order valence-electron chi connectivity index (χ1n) is 7.95. The molecule has 1 saturated heterocycles. The number of hydrogen-bond donors (Lipinski definition) is 1. The number of benzene rings is 1. The van der Waals surface area contributed by atoms with Gasteiger partial charge >= 0.3 is 0 Å². The number of nitrogens with zero attached hydrogens (tertiary/aromatic N) is 3. The number of para-hydroxylation sites is 1. The third-order valence-electron chi connectivity index (χ3n) is 3.81. The number of aromatic nitrogens is 2. The van der Waals surface area contributed by atoms with Crippen LogP contribution >= 0.6 is 0 Å². The summed E-state index contributed by atoms with van der Waals surface area (Å²) in [7, 11) is 0. The van der Waals surface area contributed by atoms with Crippen molar-refractivity contribution < 1.29 is 18.3 Å². The summed E-state index contributed by atoms with van der Waals surface area (Å²) >= 11 is 0. The Bertz CT molecular complexity index is 715. The van der Waals surface area contributed by atoms with E-state index in [0.29, 0.717) is 31.9 Å². The molecule has 6 nitrogen and oxygen atoms in total. The summed E-state index contributed by atoms with van der Waals surface area (Å²) in [5, 5.41) is 3.02. The molecule has 132 valence electrons. The summed E-state index contributed by atoms with van der Waals surface area (Å²) in [6.45, 7) is 1.34. The van der Waals surface area contributed by atoms with Gasteiger partial charge in [-0.05, 0) is 18.2 Å². The van der Waals surface area contributed by atoms with Crippen molar-refractivity contribution >= 4 is 11.7 Å². The molecule has 1 unspecified atom stereocenters. The van der Waals surface area contributed by atoms with Crippen molar-refractivity contribution in [2.45, 2.75) is 18.9 Å². The van der Waals surface area contributed by atoms with E-state index in [1.54, 1.807) is 4.90 Å². The molecule has 1 aliphatic heterocycles. The van der Waals surface area contributed by atoms with Crippen LogP contribution in [0.3, 0.4) is 0 Å². The van der Waals surface area contributed by atoms with E-state index in [9.17, 15) is 13.6 Å². The second kappa shape index (κ2) is 7.87. The lowest BCUT2D eigenvalue weighted by atomic mass is 10.2. The number of nitrogens with one attached hydrogen (secondary N) is 1. The van der Waals surface area contributed by atoms with E-state index < -0.39 is 12.2 Å². The number of amides is 1. The standard InChI is InChI=1S/C17H18F2N4O2/c18-16(19)17-20-7-6-14(22-17)21-12-10-15(24)23(11-12)8-9-25-13-4-2-1-3-5-13/h1-7,12,16H,8-11H2,(H,20,21,22). The zero-order valence-electron chi connectivity index (χ0n) is 13.4. The van der Waals surface area contributed by atoms with E-state index in [1.165, 1.54) is 12.3 Å². The van der Waals surface area contributed by atoms with E-state index >= 15 is 0 Å². The fourth-order valence-electron chi connectivity index (χ4n) is 2.64. The number of likely N-dealkylation sites (tertiary alicyclic amines) is 1. The number of ether oxygens (including phenoxy) is 1. The predicted molar refractivity (Wildman–Crippen MR) is 87.5 cm³/mol. The van der Waals surface area contributed by atoms with E-state index in [-0.39, 0.29) is 11.9 Å². The van der Waals surface area contributed by atoms with E-state index in [1.807, 2.05) is 30.3 Å². The highest BCUT2D eigenvalue weighted by Crippen LogP contribution is 2.19. The average Bonchev–Trinajstić information content (AvgIpc) is 2.95. The van der Waals surface area contributed by atoms with Gasteiger partial charge in [-0.15, -0.1) is 0 Å². The van der Waals surface area contributed by atoms with Crippen LogP contribution in [-0.4, -0.2) is 46.5 Å². The second-order valence-electron chi connectivity index (χ2n) is 5.65. The Kier molecular flexibility index (Phi) is 5.37. The topological polar surface area (TPSA) is 67.4 Å². The van der Waals surface area contributed by atoms with Gasteiger partial charge < -0.3 is 15.0 Å². The minimum absolute atomic E-state index is 0.00250. The summed E-state index contributed by atoms with van der Waals surface area (Å²) in [6.07, 6.45) is -1.16. The van der Waals surface area contributed by atoms with Crippen molar-refractivity contribution in [3.05, 3.63) is 48.4 Å². The van der Waals surface area contributed by atoms with Gasteiger partial charge in [0.25, 0.3) is 6.43 Å². The first-order chi connectivity index (χ1) is 12.1. The molecule has 1 aromatic heterocycles. The molecule has 8 heteroatoms. The number of hydrogen-bond acceptors (Lipinski definition) is 5. The van der Waals surface area contributed by atoms with Crippen molar-refractivity contribution in [1.82, 2.24) is 14.9 Å². The van der Waals surface area contributed by atoms with Crippen molar-refractivity contribution in [3.63, 3.8) is 0 Å². The fraction of sp³-hybridized carbons (Fsp3) is 0.353. The number of carbonyl (C=O) groups is 1. The molecule has 1 atom stereocenters. The van der Waals surface area contributed by atoms with E-state index in [2.05, 4.69) is 15.3 Å². The van der Waals surface area contributed by atoms with E-state index in [4.69, 9.17) is 4.74 Å². The Balaban J connectivity index is 1.49. The molecule has 1 N–H and O–H groups in total. The van der Waals surface area contributed by atoms with Crippen molar-refractivity contribution in [1.29, 1.82) is 0 Å². The normalized spacial score (nSPS) is 17.2. The Morgan fingerprint density at radius 3 is 2.84 bits per heavy atom. The zero-order valence-corrected chi connectivity index (χ0v) is 13.4. The molecule has 1 fully saturated rings. The first-order valence-corrected chi connectivity index (χ1v) is 7.95. The summed E-state index contributed by atoms with van der Waals surface area (Å²) in [5.74, 6) is 0.523. The monoisotopic (exact) mass is 348 g/mol. The van der Waals surface area contributed by atoms with Crippen LogP contribution in [0.1, 0.15) is 18.7 Å². The van der Waals surface area contributed by atoms with Gasteiger partial charge in [0, 0.05) is 19.2 Å². The van der Waals surface area contributed by atoms with Gasteiger partial charge in [-0.25, -0.2) is 18.7 Å². The fourth-order valence-corrected chi connectivity index (χ4v) is 2.64. The number of anilines is 1. The van der Waals surface area contributed by atoms with Gasteiger partial charge in [-0.1, -0.05) is 18.2 Å². The van der Waals surface area contributed by atoms with Crippen LogP contribution in [-0.2, 0) is 4.79 Å². The van der Waals surface area contributed by atoms with Crippen molar-refractivity contribution in [2.75, 3.05) is 25.0 Å². The molecule has 0 spiro atoms. The van der Waals surface area contributed by atoms with Crippen LogP contribution in [0.5, 0.6) is 5.75 Å². The van der Waals surface area contributed by atoms with Crippen LogP contribution in [0, 0.1) is 0 Å². The molecule has 3 rings (SSSR count). The quantitative estimate of drug-likeness (QED) is 0.833. The molecule has 2 heterocycles. The highest BCUT2D eigenvalue weighted by Gasteiger charge is 2.29. The molecule has 1 aromatic carbocycles. The van der Waals surface area contributed by atoms with Crippen LogP contribution < -0.4 is 10.1 Å². The maximum absolute atomic E-state index is 12.6. The van der Waals surface area contributed by atoms with Crippen molar-refractivity contribution in [2.24, 2.45) is 0 Å². The molecule has 0 radical (unpaired) electrons. The van der Waals surface area contributed by atoms with Gasteiger partial charge in [-0.3, -0.25) is 4.79 Å². The zero-order chi connectivity index (χ0) is 17.6. The number of alkyl halides is 2. The SMILES string of the molecule is O=C1CC(Nc2ccnc(C(F)F)n2)CN1CCOc1ccccc1. The molecule has 25 heavy (non-hydrogen) atoms. The molecule has 0 aliphatic carbocycles. The summed E-state index contributed by atoms with van der Waals surface area (Å²) in [6, 6.07) is 10.7. The Labute approximate surface area is 143 Å². The average molecular weight is 348 g/mol. The molecule has 1 aliphatic rings. The summed E-state index contributed by atoms with van der Waals surface area (Å²) in [5.41, 5.74) is 0. The smallest absolute Gasteiger partial charge is 0.297 e. The maximum atomic E-state index is 12.6. The summed E-state index contributed by atoms with van der Waals surface area (Å²) in [4.78, 5) is 21.0. The van der Waals surface area contributed by atoms with Crippen LogP contribution in [0.4, 0.5) is 14.6 Å². The lowest BCUT2D eigenvalue weighted by Crippen LogP contribution is -2.31. The third kappa shape index (κ3) is 4.62. The predicted octanol–water partition coefficient (Wildman–Crippen LogP) is 2.51. The Morgan fingerprint density at radius 2 is 2.08 bits per heavy atom. The molecule has 0 saturated carbocycles.